The SMILES string of the molecule is O=C(O)c1ccccc1N1C(=O)[C@@H]2[C@@H]3CC[C@H](C3)[C@@H]2C1=O. The average Bonchev–Trinajstić information content (AvgIpc) is 3.13. The summed E-state index contributed by atoms with van der Waals surface area (Å²) in [5.74, 6) is -1.36. The zero-order valence-electron chi connectivity index (χ0n) is 11.4. The predicted molar refractivity (Wildman–Crippen MR) is 73.7 cm³/mol. The number of hydrogen-bond acceptors (Lipinski definition) is 3. The number of hydrogen-bond donors (Lipinski definition) is 1. The van der Waals surface area contributed by atoms with Crippen molar-refractivity contribution in [1.29, 1.82) is 0 Å². The van der Waals surface area contributed by atoms with Crippen LogP contribution in [0.15, 0.2) is 24.3 Å². The molecule has 1 aromatic rings. The van der Waals surface area contributed by atoms with Crippen LogP contribution in [0.3, 0.4) is 0 Å². The molecule has 2 amide bonds. The Bertz CT molecular complexity index is 640. The molecule has 0 unspecified atom stereocenters. The number of carbonyl (C=O) groups excluding carboxylic acids is 2. The molecule has 1 saturated heterocycles. The first-order valence-corrected chi connectivity index (χ1v) is 7.29. The summed E-state index contributed by atoms with van der Waals surface area (Å²) in [5, 5.41) is 9.27. The first kappa shape index (κ1) is 12.6. The molecular formula is C16H15NO4. The number of imide groups is 1. The van der Waals surface area contributed by atoms with Crippen molar-refractivity contribution in [2.24, 2.45) is 23.7 Å². The Labute approximate surface area is 121 Å². The Kier molecular flexibility index (Phi) is 2.49. The predicted octanol–water partition coefficient (Wildman–Crippen LogP) is 1.92. The van der Waals surface area contributed by atoms with Crippen LogP contribution in [0, 0.1) is 23.7 Å². The fraction of sp³-hybridized carbons (Fsp3) is 0.438. The summed E-state index contributed by atoms with van der Waals surface area (Å²) in [6, 6.07) is 6.23. The van der Waals surface area contributed by atoms with Crippen molar-refractivity contribution in [3.63, 3.8) is 0 Å². The Hall–Kier alpha value is -2.17. The molecule has 0 radical (unpaired) electrons. The van der Waals surface area contributed by atoms with Gasteiger partial charge in [-0.15, -0.1) is 0 Å². The summed E-state index contributed by atoms with van der Waals surface area (Å²) in [6.07, 6.45) is 3.00. The van der Waals surface area contributed by atoms with E-state index >= 15 is 0 Å². The number of anilines is 1. The van der Waals surface area contributed by atoms with Crippen LogP contribution in [-0.2, 0) is 9.59 Å². The first-order valence-electron chi connectivity index (χ1n) is 7.29. The van der Waals surface area contributed by atoms with Crippen molar-refractivity contribution < 1.29 is 19.5 Å². The Morgan fingerprint density at radius 3 is 2.19 bits per heavy atom. The van der Waals surface area contributed by atoms with Crippen molar-refractivity contribution in [2.75, 3.05) is 4.90 Å². The fourth-order valence-corrected chi connectivity index (χ4v) is 4.50. The highest BCUT2D eigenvalue weighted by Crippen LogP contribution is 2.56. The van der Waals surface area contributed by atoms with E-state index in [1.807, 2.05) is 0 Å². The Morgan fingerprint density at radius 1 is 1.05 bits per heavy atom. The van der Waals surface area contributed by atoms with E-state index < -0.39 is 5.97 Å². The summed E-state index contributed by atoms with van der Waals surface area (Å²) >= 11 is 0. The second-order valence-electron chi connectivity index (χ2n) is 6.22. The van der Waals surface area contributed by atoms with Crippen molar-refractivity contribution in [3.05, 3.63) is 29.8 Å². The summed E-state index contributed by atoms with van der Waals surface area (Å²) in [7, 11) is 0. The Morgan fingerprint density at radius 2 is 1.62 bits per heavy atom. The van der Waals surface area contributed by atoms with Crippen LogP contribution in [0.1, 0.15) is 29.6 Å². The molecule has 3 fully saturated rings. The molecule has 1 aliphatic heterocycles. The van der Waals surface area contributed by atoms with Gasteiger partial charge in [0.2, 0.25) is 11.8 Å². The lowest BCUT2D eigenvalue weighted by molar-refractivity contribution is -0.123. The highest BCUT2D eigenvalue weighted by Gasteiger charge is 2.61. The Balaban J connectivity index is 1.79. The van der Waals surface area contributed by atoms with E-state index in [0.717, 1.165) is 24.2 Å². The molecular weight excluding hydrogens is 270 g/mol. The quantitative estimate of drug-likeness (QED) is 0.842. The van der Waals surface area contributed by atoms with E-state index in [1.165, 1.54) is 6.07 Å². The van der Waals surface area contributed by atoms with Gasteiger partial charge in [-0.3, -0.25) is 9.59 Å². The van der Waals surface area contributed by atoms with Crippen LogP contribution in [0.4, 0.5) is 5.69 Å². The van der Waals surface area contributed by atoms with Crippen molar-refractivity contribution >= 4 is 23.5 Å². The summed E-state index contributed by atoms with van der Waals surface area (Å²) in [5.41, 5.74) is 0.223. The molecule has 5 heteroatoms. The standard InChI is InChI=1S/C16H15NO4/c18-14-12-8-5-6-9(7-8)13(12)15(19)17(14)11-4-2-1-3-10(11)16(20)21/h1-4,8-9,12-13H,5-7H2,(H,20,21)/t8-,9-,12-,13+/m1/s1. The minimum atomic E-state index is -1.12. The maximum absolute atomic E-state index is 12.7. The number of amides is 2. The number of para-hydroxylation sites is 1. The number of carboxylic acids is 1. The van der Waals surface area contributed by atoms with Crippen LogP contribution < -0.4 is 4.90 Å². The second kappa shape index (κ2) is 4.16. The maximum atomic E-state index is 12.7. The molecule has 1 N–H and O–H groups in total. The first-order chi connectivity index (χ1) is 10.1. The van der Waals surface area contributed by atoms with Crippen LogP contribution >= 0.6 is 0 Å². The maximum Gasteiger partial charge on any atom is 0.337 e. The number of benzene rings is 1. The lowest BCUT2D eigenvalue weighted by Gasteiger charge is -2.19. The van der Waals surface area contributed by atoms with Crippen molar-refractivity contribution in [3.8, 4) is 0 Å². The van der Waals surface area contributed by atoms with E-state index in [0.29, 0.717) is 11.8 Å². The van der Waals surface area contributed by atoms with Gasteiger partial charge in [0.15, 0.2) is 0 Å². The van der Waals surface area contributed by atoms with E-state index in [-0.39, 0.29) is 34.9 Å². The van der Waals surface area contributed by atoms with Crippen molar-refractivity contribution in [1.82, 2.24) is 0 Å². The van der Waals surface area contributed by atoms with Crippen LogP contribution in [0.25, 0.3) is 0 Å². The summed E-state index contributed by atoms with van der Waals surface area (Å²) in [6.45, 7) is 0. The lowest BCUT2D eigenvalue weighted by Crippen LogP contribution is -2.34. The molecule has 1 aromatic carbocycles. The third-order valence-corrected chi connectivity index (χ3v) is 5.30. The minimum Gasteiger partial charge on any atom is -0.478 e. The van der Waals surface area contributed by atoms with Crippen molar-refractivity contribution in [2.45, 2.75) is 19.3 Å². The number of carbonyl (C=O) groups is 3. The van der Waals surface area contributed by atoms with E-state index in [9.17, 15) is 19.5 Å². The zero-order valence-corrected chi connectivity index (χ0v) is 11.4. The number of carboxylic acid groups (broad SMARTS) is 1. The van der Waals surface area contributed by atoms with Crippen LogP contribution in [0.5, 0.6) is 0 Å². The molecule has 5 nitrogen and oxygen atoms in total. The molecule has 4 atom stereocenters. The molecule has 108 valence electrons. The minimum absolute atomic E-state index is 0.00604. The normalized spacial score (nSPS) is 33.6. The van der Waals surface area contributed by atoms with Gasteiger partial charge in [0.05, 0.1) is 23.1 Å². The van der Waals surface area contributed by atoms with Gasteiger partial charge in [-0.2, -0.15) is 0 Å². The van der Waals surface area contributed by atoms with Gasteiger partial charge < -0.3 is 5.11 Å². The van der Waals surface area contributed by atoms with Gasteiger partial charge in [0, 0.05) is 0 Å². The number of fused-ring (bicyclic) bond motifs is 5. The van der Waals surface area contributed by atoms with E-state index in [4.69, 9.17) is 0 Å². The van der Waals surface area contributed by atoms with Gasteiger partial charge in [0.25, 0.3) is 0 Å². The summed E-state index contributed by atoms with van der Waals surface area (Å²) < 4.78 is 0. The number of aromatic carboxylic acids is 1. The third kappa shape index (κ3) is 1.54. The monoisotopic (exact) mass is 285 g/mol. The second-order valence-corrected chi connectivity index (χ2v) is 6.22. The fourth-order valence-electron chi connectivity index (χ4n) is 4.50. The highest BCUT2D eigenvalue weighted by molar-refractivity contribution is 6.24. The third-order valence-electron chi connectivity index (χ3n) is 5.30. The van der Waals surface area contributed by atoms with E-state index in [2.05, 4.69) is 0 Å². The lowest BCUT2D eigenvalue weighted by atomic mass is 9.81. The van der Waals surface area contributed by atoms with E-state index in [1.54, 1.807) is 18.2 Å². The molecule has 2 saturated carbocycles. The zero-order chi connectivity index (χ0) is 14.7. The summed E-state index contributed by atoms with van der Waals surface area (Å²) in [4.78, 5) is 37.8. The van der Waals surface area contributed by atoms with Gasteiger partial charge >= 0.3 is 5.97 Å². The number of nitrogens with zero attached hydrogens (tertiary/aromatic N) is 1. The topological polar surface area (TPSA) is 74.7 Å². The molecule has 2 bridgehead atoms. The molecule has 0 aromatic heterocycles. The molecule has 2 aliphatic carbocycles. The van der Waals surface area contributed by atoms with Gasteiger partial charge in [-0.05, 0) is 43.2 Å². The van der Waals surface area contributed by atoms with Gasteiger partial charge in [-0.1, -0.05) is 12.1 Å². The van der Waals surface area contributed by atoms with Crippen LogP contribution in [0.2, 0.25) is 0 Å². The number of rotatable bonds is 2. The highest BCUT2D eigenvalue weighted by atomic mass is 16.4. The smallest absolute Gasteiger partial charge is 0.337 e. The molecule has 3 aliphatic rings. The average molecular weight is 285 g/mol. The van der Waals surface area contributed by atoms with Crippen LogP contribution in [-0.4, -0.2) is 22.9 Å². The molecule has 1 heterocycles. The molecule has 21 heavy (non-hydrogen) atoms. The molecule has 0 spiro atoms. The molecule has 4 rings (SSSR count). The van der Waals surface area contributed by atoms with Gasteiger partial charge in [-0.25, -0.2) is 9.69 Å². The largest absolute Gasteiger partial charge is 0.478 e. The van der Waals surface area contributed by atoms with Gasteiger partial charge in [0.1, 0.15) is 0 Å².